The van der Waals surface area contributed by atoms with Crippen molar-refractivity contribution in [3.63, 3.8) is 0 Å². The van der Waals surface area contributed by atoms with Crippen molar-refractivity contribution < 1.29 is 0 Å². The molecule has 1 fully saturated rings. The third kappa shape index (κ3) is 3.66. The van der Waals surface area contributed by atoms with Gasteiger partial charge in [0.1, 0.15) is 0 Å². The summed E-state index contributed by atoms with van der Waals surface area (Å²) in [4.78, 5) is 0. The molecule has 5 atom stereocenters. The molecule has 1 heterocycles. The van der Waals surface area contributed by atoms with Crippen molar-refractivity contribution in [1.29, 1.82) is 0 Å². The summed E-state index contributed by atoms with van der Waals surface area (Å²) in [6.45, 7) is 8.45. The molecule has 0 saturated carbocycles. The van der Waals surface area contributed by atoms with Crippen LogP contribution in [0.25, 0.3) is 0 Å². The standard InChI is InChI=1S/C5H26Si8/c1-11-9-5(7)4(6)8-10-12(2)13(11)3/h4-5,11-13H,8-10H2,1-3,6-7H3. The van der Waals surface area contributed by atoms with E-state index in [0.717, 1.165) is 0 Å². The SMILES string of the molecule is C[SiH]1[SiH2][SiH2]C([SiH3])C([SiH3])[SiH2][SiH](C)[SiH]1C. The second-order valence-corrected chi connectivity index (χ2v) is 60.5. The minimum absolute atomic E-state index is 0.0365. The van der Waals surface area contributed by atoms with E-state index in [9.17, 15) is 0 Å². The van der Waals surface area contributed by atoms with Crippen LogP contribution in [0.1, 0.15) is 0 Å². The lowest BCUT2D eigenvalue weighted by Crippen LogP contribution is -2.55. The van der Waals surface area contributed by atoms with E-state index in [-0.39, 0.29) is 23.5 Å². The van der Waals surface area contributed by atoms with Gasteiger partial charge in [-0.3, -0.25) is 0 Å². The summed E-state index contributed by atoms with van der Waals surface area (Å²) in [5.74, 6) is 0. The second-order valence-electron chi connectivity index (χ2n) is 5.58. The molecule has 0 aromatic carbocycles. The summed E-state index contributed by atoms with van der Waals surface area (Å²) in [6, 6.07) is 0. The monoisotopic (exact) mass is 310 g/mol. The lowest BCUT2D eigenvalue weighted by atomic mass is 10.9. The summed E-state index contributed by atoms with van der Waals surface area (Å²) >= 11 is 0. The molecule has 5 unspecified atom stereocenters. The van der Waals surface area contributed by atoms with Gasteiger partial charge < -0.3 is 0 Å². The van der Waals surface area contributed by atoms with Crippen LogP contribution in [0.3, 0.4) is 0 Å². The highest BCUT2D eigenvalue weighted by molar-refractivity contribution is 7.74. The van der Waals surface area contributed by atoms with E-state index < -0.39 is 0 Å². The van der Waals surface area contributed by atoms with Gasteiger partial charge in [0.05, 0.1) is 0 Å². The summed E-state index contributed by atoms with van der Waals surface area (Å²) in [5, 5.41) is 2.99. The molecule has 0 aromatic heterocycles. The molecule has 0 N–H and O–H groups in total. The average molecular weight is 311 g/mol. The highest BCUT2D eigenvalue weighted by Gasteiger charge is 2.29. The summed E-state index contributed by atoms with van der Waals surface area (Å²) in [7, 11) is 5.28. The Bertz CT molecular complexity index is 163. The van der Waals surface area contributed by atoms with Crippen molar-refractivity contribution in [2.75, 3.05) is 0 Å². The zero-order valence-corrected chi connectivity index (χ0v) is 21.7. The molecule has 0 spiro atoms. The van der Waals surface area contributed by atoms with Gasteiger partial charge in [-0.1, -0.05) is 30.0 Å². The van der Waals surface area contributed by atoms with Crippen molar-refractivity contribution in [2.24, 2.45) is 0 Å². The van der Waals surface area contributed by atoms with Crippen molar-refractivity contribution in [2.45, 2.75) is 30.0 Å². The van der Waals surface area contributed by atoms with E-state index in [0.29, 0.717) is 26.6 Å². The predicted octanol–water partition coefficient (Wildman–Crippen LogP) is -4.63. The van der Waals surface area contributed by atoms with E-state index >= 15 is 0 Å². The molecule has 8 heteroatoms. The average Bonchev–Trinajstić information content (AvgIpc) is 2.10. The zero-order valence-electron chi connectivity index (χ0n) is 10.0. The maximum absolute atomic E-state index is 2.82. The molecule has 1 rings (SSSR count). The lowest BCUT2D eigenvalue weighted by Gasteiger charge is -2.31. The van der Waals surface area contributed by atoms with Crippen LogP contribution in [-0.2, 0) is 0 Å². The number of hydrogen-bond acceptors (Lipinski definition) is 0. The maximum Gasteiger partial charge on any atom is 0.0104 e. The van der Waals surface area contributed by atoms with Gasteiger partial charge in [-0.15, -0.1) is 0 Å². The van der Waals surface area contributed by atoms with E-state index in [2.05, 4.69) is 19.6 Å². The van der Waals surface area contributed by atoms with Crippen LogP contribution in [0.4, 0.5) is 0 Å². The molecule has 13 heavy (non-hydrogen) atoms. The van der Waals surface area contributed by atoms with Crippen molar-refractivity contribution >= 4 is 70.6 Å². The molecule has 0 aliphatic carbocycles. The van der Waals surface area contributed by atoms with E-state index in [4.69, 9.17) is 0 Å². The van der Waals surface area contributed by atoms with Gasteiger partial charge >= 0.3 is 0 Å². The fourth-order valence-electron chi connectivity index (χ4n) is 2.67. The molecule has 0 radical (unpaired) electrons. The fourth-order valence-corrected chi connectivity index (χ4v) is 161. The highest BCUT2D eigenvalue weighted by Crippen LogP contribution is 2.18. The molecule has 0 amide bonds. The summed E-state index contributed by atoms with van der Waals surface area (Å²) < 4.78 is 0. The largest absolute Gasteiger partial charge is 0.0768 e. The first kappa shape index (κ1) is 12.8. The molecule has 0 bridgehead atoms. The number of hydrogen-bond donors (Lipinski definition) is 0. The zero-order chi connectivity index (χ0) is 10.0. The van der Waals surface area contributed by atoms with Crippen LogP contribution in [-0.4, -0.2) is 70.6 Å². The van der Waals surface area contributed by atoms with Crippen molar-refractivity contribution in [3.05, 3.63) is 0 Å². The van der Waals surface area contributed by atoms with Gasteiger partial charge in [0.2, 0.25) is 0 Å². The first-order valence-corrected chi connectivity index (χ1v) is 29.3. The third-order valence-electron chi connectivity index (χ3n) is 4.59. The molecule has 0 nitrogen and oxygen atoms in total. The van der Waals surface area contributed by atoms with Crippen LogP contribution in [0, 0.1) is 0 Å². The summed E-state index contributed by atoms with van der Waals surface area (Å²) in [6.07, 6.45) is 0. The Kier molecular flexibility index (Phi) is 5.63. The Hall–Kier alpha value is 1.74. The first-order valence-electron chi connectivity index (χ1n) is 6.02. The van der Waals surface area contributed by atoms with Gasteiger partial charge in [-0.05, 0) is 8.55 Å². The van der Waals surface area contributed by atoms with Gasteiger partial charge in [0, 0.05) is 62.1 Å². The predicted molar refractivity (Wildman–Crippen MR) is 92.0 cm³/mol. The smallest absolute Gasteiger partial charge is 0.0104 e. The lowest BCUT2D eigenvalue weighted by molar-refractivity contribution is 1.24. The van der Waals surface area contributed by atoms with Gasteiger partial charge in [0.25, 0.3) is 0 Å². The molecule has 1 aliphatic heterocycles. The van der Waals surface area contributed by atoms with Crippen LogP contribution in [0.15, 0.2) is 0 Å². The Morgan fingerprint density at radius 2 is 1.62 bits per heavy atom. The van der Waals surface area contributed by atoms with Crippen LogP contribution >= 0.6 is 0 Å². The minimum atomic E-state index is 0.0365. The maximum atomic E-state index is 2.82. The van der Waals surface area contributed by atoms with E-state index in [1.807, 2.05) is 0 Å². The van der Waals surface area contributed by atoms with Gasteiger partial charge in [-0.2, -0.15) is 0 Å². The molecule has 1 saturated heterocycles. The molecule has 1 aliphatic rings. The normalized spacial score (nSPS) is 54.2. The van der Waals surface area contributed by atoms with Crippen LogP contribution in [0.2, 0.25) is 30.0 Å². The van der Waals surface area contributed by atoms with E-state index in [1.54, 1.807) is 20.5 Å². The van der Waals surface area contributed by atoms with Gasteiger partial charge in [0.15, 0.2) is 0 Å². The quantitative estimate of drug-likeness (QED) is 0.395. The van der Waals surface area contributed by atoms with E-state index in [1.165, 1.54) is 10.3 Å². The second kappa shape index (κ2) is 5.72. The third-order valence-corrected chi connectivity index (χ3v) is 108. The van der Waals surface area contributed by atoms with Crippen molar-refractivity contribution in [1.82, 2.24) is 0 Å². The minimum Gasteiger partial charge on any atom is -0.0768 e. The van der Waals surface area contributed by atoms with Crippen LogP contribution < -0.4 is 0 Å². The highest BCUT2D eigenvalue weighted by atomic mass is 29.9. The van der Waals surface area contributed by atoms with Gasteiger partial charge in [-0.25, -0.2) is 0 Å². The Morgan fingerprint density at radius 1 is 1.00 bits per heavy atom. The van der Waals surface area contributed by atoms with Crippen molar-refractivity contribution in [3.8, 4) is 0 Å². The molecular weight excluding hydrogens is 285 g/mol. The summed E-state index contributed by atoms with van der Waals surface area (Å²) in [5.41, 5.74) is 0. The Balaban J connectivity index is 2.59. The Morgan fingerprint density at radius 3 is 2.23 bits per heavy atom. The molecule has 0 aromatic rings. The molecule has 78 valence electrons. The van der Waals surface area contributed by atoms with Crippen LogP contribution in [0.5, 0.6) is 0 Å². The first-order chi connectivity index (χ1) is 6.02. The fraction of sp³-hybridized carbons (Fsp3) is 1.00. The topological polar surface area (TPSA) is 0 Å². The number of rotatable bonds is 0. The molecular formula is C5H26Si8. The Labute approximate surface area is 100 Å².